The number of amides is 1. The van der Waals surface area contributed by atoms with Crippen LogP contribution in [0.4, 0.5) is 0 Å². The van der Waals surface area contributed by atoms with Crippen LogP contribution in [0.15, 0.2) is 11.1 Å². The molecule has 1 saturated heterocycles. The van der Waals surface area contributed by atoms with Gasteiger partial charge in [-0.15, -0.1) is 0 Å². The molecule has 0 saturated carbocycles. The van der Waals surface area contributed by atoms with Gasteiger partial charge in [0.1, 0.15) is 0 Å². The van der Waals surface area contributed by atoms with E-state index in [1.54, 1.807) is 4.90 Å². The maximum Gasteiger partial charge on any atom is 0.335 e. The number of hydrogen-bond acceptors (Lipinski definition) is 3. The van der Waals surface area contributed by atoms with E-state index in [9.17, 15) is 14.7 Å². The molecule has 0 radical (unpaired) electrons. The molecule has 2 aliphatic rings. The van der Waals surface area contributed by atoms with E-state index in [2.05, 4.69) is 0 Å². The van der Waals surface area contributed by atoms with Crippen LogP contribution in [0.3, 0.4) is 0 Å². The Balaban J connectivity index is 2.00. The second kappa shape index (κ2) is 4.72. The third-order valence-corrected chi connectivity index (χ3v) is 4.03. The lowest BCUT2D eigenvalue weighted by atomic mass is 9.91. The molecule has 1 amide bonds. The summed E-state index contributed by atoms with van der Waals surface area (Å²) in [7, 11) is 0. The molecule has 2 rings (SSSR count). The van der Waals surface area contributed by atoms with E-state index in [1.807, 2.05) is 6.92 Å². The molecule has 100 valence electrons. The molecule has 0 bridgehead atoms. The van der Waals surface area contributed by atoms with Crippen molar-refractivity contribution >= 4 is 11.9 Å². The van der Waals surface area contributed by atoms with Crippen molar-refractivity contribution in [2.24, 2.45) is 0 Å². The van der Waals surface area contributed by atoms with Gasteiger partial charge in [-0.1, -0.05) is 5.57 Å². The monoisotopic (exact) mass is 253 g/mol. The van der Waals surface area contributed by atoms with Gasteiger partial charge in [-0.3, -0.25) is 4.79 Å². The summed E-state index contributed by atoms with van der Waals surface area (Å²) >= 11 is 0. The van der Waals surface area contributed by atoms with Gasteiger partial charge in [0, 0.05) is 31.5 Å². The zero-order valence-electron chi connectivity index (χ0n) is 10.6. The van der Waals surface area contributed by atoms with Crippen LogP contribution in [-0.2, 0) is 9.59 Å². The van der Waals surface area contributed by atoms with Gasteiger partial charge < -0.3 is 15.1 Å². The predicted molar refractivity (Wildman–Crippen MR) is 65.0 cm³/mol. The molecule has 0 unspecified atom stereocenters. The number of piperidine rings is 1. The second-order valence-electron chi connectivity index (χ2n) is 5.24. The first-order valence-electron chi connectivity index (χ1n) is 6.38. The number of aliphatic hydroxyl groups is 1. The molecule has 1 aliphatic carbocycles. The first-order valence-corrected chi connectivity index (χ1v) is 6.38. The number of carbonyl (C=O) groups is 2. The Morgan fingerprint density at radius 1 is 1.22 bits per heavy atom. The van der Waals surface area contributed by atoms with Gasteiger partial charge >= 0.3 is 5.97 Å². The number of likely N-dealkylation sites (tertiary alicyclic amines) is 1. The molecular weight excluding hydrogens is 234 g/mol. The quantitative estimate of drug-likeness (QED) is 0.767. The van der Waals surface area contributed by atoms with E-state index in [-0.39, 0.29) is 18.7 Å². The van der Waals surface area contributed by atoms with Crippen LogP contribution in [0.1, 0.15) is 39.0 Å². The number of rotatable bonds is 2. The standard InChI is InChI=1S/C13H19NO4/c1-9-3-2-4-10(9)11(15)14-7-5-13(18,6-8-14)12(16)17/h18H,2-8H2,1H3,(H,16,17). The fraction of sp³-hybridized carbons (Fsp3) is 0.692. The molecular formula is C13H19NO4. The fourth-order valence-corrected chi connectivity index (χ4v) is 2.67. The zero-order chi connectivity index (χ0) is 13.3. The normalized spacial score (nSPS) is 23.3. The summed E-state index contributed by atoms with van der Waals surface area (Å²) in [5.41, 5.74) is 0.380. The van der Waals surface area contributed by atoms with E-state index >= 15 is 0 Å². The number of carboxylic acid groups (broad SMARTS) is 1. The highest BCUT2D eigenvalue weighted by molar-refractivity contribution is 5.94. The van der Waals surface area contributed by atoms with Crippen molar-refractivity contribution in [2.75, 3.05) is 13.1 Å². The smallest absolute Gasteiger partial charge is 0.335 e. The number of aliphatic carboxylic acids is 1. The maximum absolute atomic E-state index is 12.2. The number of carboxylic acids is 1. The van der Waals surface area contributed by atoms with Crippen molar-refractivity contribution in [3.8, 4) is 0 Å². The van der Waals surface area contributed by atoms with Crippen LogP contribution in [-0.4, -0.2) is 45.7 Å². The Morgan fingerprint density at radius 3 is 2.28 bits per heavy atom. The predicted octanol–water partition coefficient (Wildman–Crippen LogP) is 0.925. The summed E-state index contributed by atoms with van der Waals surface area (Å²) in [6.07, 6.45) is 3.05. The largest absolute Gasteiger partial charge is 0.479 e. The number of carbonyl (C=O) groups excluding carboxylic acids is 1. The highest BCUT2D eigenvalue weighted by atomic mass is 16.4. The average molecular weight is 253 g/mol. The minimum atomic E-state index is -1.66. The van der Waals surface area contributed by atoms with Crippen LogP contribution in [0, 0.1) is 0 Å². The summed E-state index contributed by atoms with van der Waals surface area (Å²) in [6, 6.07) is 0. The van der Waals surface area contributed by atoms with Gasteiger partial charge in [-0.25, -0.2) is 4.79 Å². The minimum Gasteiger partial charge on any atom is -0.479 e. The molecule has 18 heavy (non-hydrogen) atoms. The average Bonchev–Trinajstić information content (AvgIpc) is 2.75. The molecule has 2 N–H and O–H groups in total. The molecule has 0 spiro atoms. The van der Waals surface area contributed by atoms with Crippen molar-refractivity contribution < 1.29 is 19.8 Å². The summed E-state index contributed by atoms with van der Waals surface area (Å²) in [4.78, 5) is 24.8. The van der Waals surface area contributed by atoms with Crippen LogP contribution < -0.4 is 0 Å². The van der Waals surface area contributed by atoms with Gasteiger partial charge in [0.2, 0.25) is 5.91 Å². The molecule has 0 aromatic rings. The third-order valence-electron chi connectivity index (χ3n) is 4.03. The first kappa shape index (κ1) is 13.1. The van der Waals surface area contributed by atoms with Gasteiger partial charge in [-0.2, -0.15) is 0 Å². The van der Waals surface area contributed by atoms with Crippen LogP contribution >= 0.6 is 0 Å². The lowest BCUT2D eigenvalue weighted by molar-refractivity contribution is -0.164. The number of hydrogen-bond donors (Lipinski definition) is 2. The SMILES string of the molecule is CC1=C(C(=O)N2CCC(O)(C(=O)O)CC2)CCC1. The van der Waals surface area contributed by atoms with Gasteiger partial charge in [0.05, 0.1) is 0 Å². The van der Waals surface area contributed by atoms with E-state index in [0.717, 1.165) is 30.4 Å². The Labute approximate surface area is 106 Å². The summed E-state index contributed by atoms with van der Waals surface area (Å²) < 4.78 is 0. The number of nitrogens with zero attached hydrogens (tertiary/aromatic N) is 1. The Hall–Kier alpha value is -1.36. The van der Waals surface area contributed by atoms with Crippen LogP contribution in [0.2, 0.25) is 0 Å². The second-order valence-corrected chi connectivity index (χ2v) is 5.24. The summed E-state index contributed by atoms with van der Waals surface area (Å²) in [5, 5.41) is 18.7. The van der Waals surface area contributed by atoms with Crippen molar-refractivity contribution in [1.82, 2.24) is 4.90 Å². The minimum absolute atomic E-state index is 0.0254. The lowest BCUT2D eigenvalue weighted by Crippen LogP contribution is -2.51. The first-order chi connectivity index (χ1) is 8.44. The van der Waals surface area contributed by atoms with E-state index in [4.69, 9.17) is 5.11 Å². The molecule has 1 heterocycles. The molecule has 5 heteroatoms. The third kappa shape index (κ3) is 2.27. The lowest BCUT2D eigenvalue weighted by Gasteiger charge is -2.35. The van der Waals surface area contributed by atoms with Crippen molar-refractivity contribution in [1.29, 1.82) is 0 Å². The van der Waals surface area contributed by atoms with Gasteiger partial charge in [0.25, 0.3) is 0 Å². The van der Waals surface area contributed by atoms with Crippen molar-refractivity contribution in [3.63, 3.8) is 0 Å². The van der Waals surface area contributed by atoms with Gasteiger partial charge in [-0.05, 0) is 26.2 Å². The Bertz CT molecular complexity index is 405. The Kier molecular flexibility index (Phi) is 3.43. The Morgan fingerprint density at radius 2 is 1.83 bits per heavy atom. The molecule has 0 aromatic heterocycles. The molecule has 1 aliphatic heterocycles. The van der Waals surface area contributed by atoms with Crippen molar-refractivity contribution in [2.45, 2.75) is 44.6 Å². The molecule has 5 nitrogen and oxygen atoms in total. The number of allylic oxidation sites excluding steroid dienone is 1. The van der Waals surface area contributed by atoms with Crippen LogP contribution in [0.25, 0.3) is 0 Å². The topological polar surface area (TPSA) is 77.8 Å². The summed E-state index contributed by atoms with van der Waals surface area (Å²) in [5.74, 6) is -1.16. The fourth-order valence-electron chi connectivity index (χ4n) is 2.67. The summed E-state index contributed by atoms with van der Waals surface area (Å²) in [6.45, 7) is 2.62. The molecule has 1 fully saturated rings. The van der Waals surface area contributed by atoms with E-state index < -0.39 is 11.6 Å². The van der Waals surface area contributed by atoms with E-state index in [1.165, 1.54) is 0 Å². The van der Waals surface area contributed by atoms with Crippen molar-refractivity contribution in [3.05, 3.63) is 11.1 Å². The maximum atomic E-state index is 12.2. The molecule has 0 aromatic carbocycles. The zero-order valence-corrected chi connectivity index (χ0v) is 10.6. The van der Waals surface area contributed by atoms with Crippen LogP contribution in [0.5, 0.6) is 0 Å². The highest BCUT2D eigenvalue weighted by Crippen LogP contribution is 2.29. The highest BCUT2D eigenvalue weighted by Gasteiger charge is 2.40. The molecule has 0 atom stereocenters. The van der Waals surface area contributed by atoms with Gasteiger partial charge in [0.15, 0.2) is 5.60 Å². The van der Waals surface area contributed by atoms with E-state index in [0.29, 0.717) is 13.1 Å².